The van der Waals surface area contributed by atoms with E-state index in [1.807, 2.05) is 30.3 Å². The predicted octanol–water partition coefficient (Wildman–Crippen LogP) is 5.34. The molecule has 84 valence electrons. The predicted molar refractivity (Wildman–Crippen MR) is 72.2 cm³/mol. The summed E-state index contributed by atoms with van der Waals surface area (Å²) in [6, 6.07) is 9.69. The maximum Gasteiger partial charge on any atom is 0.142 e. The smallest absolute Gasteiger partial charge is 0.0965 e. The average Bonchev–Trinajstić information content (AvgIpc) is 2.16. The first-order valence-electron chi connectivity index (χ1n) is 4.70. The molecule has 16 heavy (non-hydrogen) atoms. The molecule has 1 aliphatic rings. The van der Waals surface area contributed by atoms with Gasteiger partial charge in [0.2, 0.25) is 0 Å². The van der Waals surface area contributed by atoms with Crippen molar-refractivity contribution in [2.24, 2.45) is 0 Å². The van der Waals surface area contributed by atoms with Crippen molar-refractivity contribution in [3.05, 3.63) is 52.0 Å². The Morgan fingerprint density at radius 1 is 1.00 bits per heavy atom. The van der Waals surface area contributed by atoms with Crippen LogP contribution >= 0.6 is 46.4 Å². The van der Waals surface area contributed by atoms with Gasteiger partial charge >= 0.3 is 0 Å². The second kappa shape index (κ2) is 4.62. The van der Waals surface area contributed by atoms with Crippen molar-refractivity contribution >= 4 is 52.0 Å². The highest BCUT2D eigenvalue weighted by Gasteiger charge is 2.30. The van der Waals surface area contributed by atoms with Gasteiger partial charge in [0.1, 0.15) is 4.33 Å². The third-order valence-electron chi connectivity index (χ3n) is 2.30. The molecule has 0 N–H and O–H groups in total. The molecule has 0 saturated carbocycles. The van der Waals surface area contributed by atoms with Gasteiger partial charge in [-0.2, -0.15) is 0 Å². The van der Waals surface area contributed by atoms with Crippen LogP contribution in [0.25, 0.3) is 5.57 Å². The van der Waals surface area contributed by atoms with E-state index in [0.717, 1.165) is 11.1 Å². The standard InChI is InChI=1S/C12H8Cl4/c13-9-6-12(15,16)7-10(14)11(9)8-4-2-1-3-5-8/h1-6H,7H2. The normalized spacial score (nSPS) is 19.6. The molecule has 0 nitrogen and oxygen atoms in total. The molecule has 0 bridgehead atoms. The monoisotopic (exact) mass is 292 g/mol. The van der Waals surface area contributed by atoms with Gasteiger partial charge in [0.05, 0.1) is 0 Å². The molecule has 0 aliphatic heterocycles. The third-order valence-corrected chi connectivity index (χ3v) is 3.41. The summed E-state index contributed by atoms with van der Waals surface area (Å²) in [5, 5.41) is 1.08. The summed E-state index contributed by atoms with van der Waals surface area (Å²) in [6.07, 6.45) is 1.99. The van der Waals surface area contributed by atoms with Crippen molar-refractivity contribution in [3.8, 4) is 0 Å². The molecule has 0 unspecified atom stereocenters. The van der Waals surface area contributed by atoms with E-state index in [-0.39, 0.29) is 0 Å². The Bertz CT molecular complexity index is 457. The SMILES string of the molecule is ClC1=CC(Cl)(Cl)CC(Cl)=C1c1ccccc1. The molecular weight excluding hydrogens is 286 g/mol. The lowest BCUT2D eigenvalue weighted by atomic mass is 9.99. The molecule has 0 saturated heterocycles. The molecule has 0 heterocycles. The quantitative estimate of drug-likeness (QED) is 0.613. The molecule has 0 fully saturated rings. The highest BCUT2D eigenvalue weighted by Crippen LogP contribution is 2.45. The van der Waals surface area contributed by atoms with Crippen LogP contribution in [0.2, 0.25) is 0 Å². The van der Waals surface area contributed by atoms with Crippen LogP contribution in [-0.2, 0) is 0 Å². The highest BCUT2D eigenvalue weighted by atomic mass is 35.5. The second-order valence-electron chi connectivity index (χ2n) is 3.58. The minimum absolute atomic E-state index is 0.373. The van der Waals surface area contributed by atoms with Gasteiger partial charge in [-0.3, -0.25) is 0 Å². The molecular formula is C12H8Cl4. The Hall–Kier alpha value is -0.140. The largest absolute Gasteiger partial charge is 0.142 e. The molecule has 0 radical (unpaired) electrons. The van der Waals surface area contributed by atoms with Crippen LogP contribution in [0.5, 0.6) is 0 Å². The fourth-order valence-electron chi connectivity index (χ4n) is 1.63. The molecule has 0 atom stereocenters. The van der Waals surface area contributed by atoms with Crippen LogP contribution in [0.1, 0.15) is 12.0 Å². The van der Waals surface area contributed by atoms with Gasteiger partial charge < -0.3 is 0 Å². The minimum atomic E-state index is -1.01. The summed E-state index contributed by atoms with van der Waals surface area (Å²) in [6.45, 7) is 0. The number of benzene rings is 1. The van der Waals surface area contributed by atoms with Crippen molar-refractivity contribution in [3.63, 3.8) is 0 Å². The fraction of sp³-hybridized carbons (Fsp3) is 0.167. The lowest BCUT2D eigenvalue weighted by Gasteiger charge is -2.23. The van der Waals surface area contributed by atoms with Gasteiger partial charge in [-0.1, -0.05) is 76.7 Å². The van der Waals surface area contributed by atoms with E-state index in [1.54, 1.807) is 6.08 Å². The lowest BCUT2D eigenvalue weighted by molar-refractivity contribution is 0.946. The van der Waals surface area contributed by atoms with Gasteiger partial charge in [0.25, 0.3) is 0 Å². The summed E-state index contributed by atoms with van der Waals surface area (Å²) in [5.41, 5.74) is 1.78. The zero-order valence-corrected chi connectivity index (χ0v) is 11.2. The zero-order chi connectivity index (χ0) is 11.8. The van der Waals surface area contributed by atoms with Crippen LogP contribution < -0.4 is 0 Å². The maximum absolute atomic E-state index is 6.18. The molecule has 1 aromatic carbocycles. The van der Waals surface area contributed by atoms with Gasteiger partial charge in [-0.25, -0.2) is 0 Å². The van der Waals surface area contributed by atoms with Crippen LogP contribution in [0.3, 0.4) is 0 Å². The summed E-state index contributed by atoms with van der Waals surface area (Å²) >= 11 is 24.3. The minimum Gasteiger partial charge on any atom is -0.0965 e. The molecule has 0 amide bonds. The van der Waals surface area contributed by atoms with E-state index >= 15 is 0 Å². The number of alkyl halides is 2. The number of allylic oxidation sites excluding steroid dienone is 4. The number of hydrogen-bond acceptors (Lipinski definition) is 0. The van der Waals surface area contributed by atoms with Gasteiger partial charge in [0, 0.05) is 22.1 Å². The first-order chi connectivity index (χ1) is 7.49. The first-order valence-corrected chi connectivity index (χ1v) is 6.21. The summed E-state index contributed by atoms with van der Waals surface area (Å²) < 4.78 is -1.01. The summed E-state index contributed by atoms with van der Waals surface area (Å²) in [5.74, 6) is 0. The summed E-state index contributed by atoms with van der Waals surface area (Å²) in [4.78, 5) is 0. The van der Waals surface area contributed by atoms with Crippen molar-refractivity contribution < 1.29 is 0 Å². The number of halogens is 4. The van der Waals surface area contributed by atoms with Crippen molar-refractivity contribution in [1.29, 1.82) is 0 Å². The average molecular weight is 294 g/mol. The Balaban J connectivity index is 2.47. The van der Waals surface area contributed by atoms with E-state index in [1.165, 1.54) is 0 Å². The third kappa shape index (κ3) is 2.57. The molecule has 1 aromatic rings. The van der Waals surface area contributed by atoms with E-state index in [2.05, 4.69) is 0 Å². The maximum atomic E-state index is 6.18. The van der Waals surface area contributed by atoms with Crippen molar-refractivity contribution in [1.82, 2.24) is 0 Å². The van der Waals surface area contributed by atoms with E-state index in [4.69, 9.17) is 46.4 Å². The Morgan fingerprint density at radius 2 is 1.62 bits per heavy atom. The molecule has 0 aromatic heterocycles. The first kappa shape index (κ1) is 12.3. The Morgan fingerprint density at radius 3 is 2.19 bits per heavy atom. The van der Waals surface area contributed by atoms with Crippen LogP contribution in [0.15, 0.2) is 46.5 Å². The Kier molecular flexibility index (Phi) is 3.56. The number of hydrogen-bond donors (Lipinski definition) is 0. The molecule has 1 aliphatic carbocycles. The van der Waals surface area contributed by atoms with Gasteiger partial charge in [-0.15, -0.1) is 0 Å². The molecule has 0 spiro atoms. The van der Waals surface area contributed by atoms with Crippen LogP contribution in [-0.4, -0.2) is 4.33 Å². The lowest BCUT2D eigenvalue weighted by Crippen LogP contribution is -2.14. The van der Waals surface area contributed by atoms with Gasteiger partial charge in [-0.05, 0) is 11.6 Å². The van der Waals surface area contributed by atoms with Crippen molar-refractivity contribution in [2.45, 2.75) is 10.8 Å². The van der Waals surface area contributed by atoms with Crippen LogP contribution in [0.4, 0.5) is 0 Å². The fourth-order valence-corrected chi connectivity index (χ4v) is 3.25. The topological polar surface area (TPSA) is 0 Å². The van der Waals surface area contributed by atoms with E-state index in [9.17, 15) is 0 Å². The molecule has 4 heteroatoms. The van der Waals surface area contributed by atoms with E-state index < -0.39 is 4.33 Å². The molecule has 2 rings (SSSR count). The van der Waals surface area contributed by atoms with E-state index in [0.29, 0.717) is 16.5 Å². The number of rotatable bonds is 1. The van der Waals surface area contributed by atoms with Crippen molar-refractivity contribution in [2.75, 3.05) is 0 Å². The zero-order valence-electron chi connectivity index (χ0n) is 8.18. The van der Waals surface area contributed by atoms with Crippen LogP contribution in [0, 0.1) is 0 Å². The highest BCUT2D eigenvalue weighted by molar-refractivity contribution is 6.53. The van der Waals surface area contributed by atoms with Gasteiger partial charge in [0.15, 0.2) is 0 Å². The Labute approximate surface area is 114 Å². The second-order valence-corrected chi connectivity index (χ2v) is 5.98. The summed E-state index contributed by atoms with van der Waals surface area (Å²) in [7, 11) is 0.